The fraction of sp³-hybridized carbons (Fsp3) is 0.240. The average Bonchev–Trinajstić information content (AvgIpc) is 3.10. The maximum atomic E-state index is 13.9. The lowest BCUT2D eigenvalue weighted by molar-refractivity contribution is 0.0950. The van der Waals surface area contributed by atoms with Crippen LogP contribution >= 0.6 is 0 Å². The SMILES string of the molecule is O=C(NCc1ccccc1F)c1ccc2c(c1)CN(S(=O)(=O)c1ccc3c(c1)OCCO3)CCO2. The Labute approximate surface area is 202 Å². The van der Waals surface area contributed by atoms with Crippen molar-refractivity contribution >= 4 is 15.9 Å². The van der Waals surface area contributed by atoms with E-state index in [0.717, 1.165) is 0 Å². The largest absolute Gasteiger partial charge is 0.492 e. The lowest BCUT2D eigenvalue weighted by Crippen LogP contribution is -2.32. The number of halogens is 1. The second kappa shape index (κ2) is 9.55. The van der Waals surface area contributed by atoms with Crippen LogP contribution in [0.25, 0.3) is 0 Å². The Morgan fingerprint density at radius 3 is 2.49 bits per heavy atom. The molecule has 10 heteroatoms. The van der Waals surface area contributed by atoms with Crippen molar-refractivity contribution in [1.82, 2.24) is 9.62 Å². The number of carbonyl (C=O) groups excluding carboxylic acids is 1. The van der Waals surface area contributed by atoms with Gasteiger partial charge in [-0.15, -0.1) is 0 Å². The summed E-state index contributed by atoms with van der Waals surface area (Å²) in [6.07, 6.45) is 0. The molecule has 0 aliphatic carbocycles. The number of hydrogen-bond acceptors (Lipinski definition) is 6. The molecule has 35 heavy (non-hydrogen) atoms. The van der Waals surface area contributed by atoms with Gasteiger partial charge in [0, 0.05) is 42.4 Å². The quantitative estimate of drug-likeness (QED) is 0.581. The number of fused-ring (bicyclic) bond motifs is 2. The van der Waals surface area contributed by atoms with Crippen molar-refractivity contribution in [2.24, 2.45) is 0 Å². The van der Waals surface area contributed by atoms with Crippen LogP contribution in [-0.4, -0.2) is 45.0 Å². The topological polar surface area (TPSA) is 94.2 Å². The minimum absolute atomic E-state index is 0.0283. The number of hydrogen-bond donors (Lipinski definition) is 1. The maximum Gasteiger partial charge on any atom is 0.251 e. The zero-order valence-electron chi connectivity index (χ0n) is 18.7. The smallest absolute Gasteiger partial charge is 0.251 e. The lowest BCUT2D eigenvalue weighted by atomic mass is 10.1. The molecule has 0 unspecified atom stereocenters. The van der Waals surface area contributed by atoms with Gasteiger partial charge < -0.3 is 19.5 Å². The molecule has 0 aromatic heterocycles. The highest BCUT2D eigenvalue weighted by atomic mass is 32.2. The Kier molecular flexibility index (Phi) is 6.31. The van der Waals surface area contributed by atoms with Crippen molar-refractivity contribution in [2.45, 2.75) is 18.0 Å². The Morgan fingerprint density at radius 1 is 0.914 bits per heavy atom. The van der Waals surface area contributed by atoms with Crippen LogP contribution in [0.4, 0.5) is 4.39 Å². The average molecular weight is 499 g/mol. The summed E-state index contributed by atoms with van der Waals surface area (Å²) in [7, 11) is -3.87. The first-order valence-corrected chi connectivity index (χ1v) is 12.5. The molecule has 2 aliphatic rings. The molecule has 0 saturated carbocycles. The summed E-state index contributed by atoms with van der Waals surface area (Å²) in [6.45, 7) is 1.12. The van der Waals surface area contributed by atoms with E-state index in [2.05, 4.69) is 5.32 Å². The van der Waals surface area contributed by atoms with Gasteiger partial charge in [0.1, 0.15) is 31.4 Å². The molecule has 2 aliphatic heterocycles. The highest BCUT2D eigenvalue weighted by Crippen LogP contribution is 2.34. The number of nitrogens with zero attached hydrogens (tertiary/aromatic N) is 1. The normalized spacial score (nSPS) is 15.5. The minimum atomic E-state index is -3.87. The van der Waals surface area contributed by atoms with Gasteiger partial charge in [0.05, 0.1) is 4.90 Å². The number of benzene rings is 3. The molecule has 0 spiro atoms. The minimum Gasteiger partial charge on any atom is -0.492 e. The molecule has 1 N–H and O–H groups in total. The van der Waals surface area contributed by atoms with E-state index in [1.54, 1.807) is 42.5 Å². The van der Waals surface area contributed by atoms with Gasteiger partial charge in [0.15, 0.2) is 11.5 Å². The zero-order valence-corrected chi connectivity index (χ0v) is 19.5. The monoisotopic (exact) mass is 498 g/mol. The molecule has 0 fully saturated rings. The van der Waals surface area contributed by atoms with Crippen molar-refractivity contribution in [2.75, 3.05) is 26.4 Å². The standard InChI is InChI=1S/C25H23FN2O6S/c26-21-4-2-1-3-18(21)15-27-25(29)17-5-7-22-19(13-17)16-28(9-10-32-22)35(30,31)20-6-8-23-24(14-20)34-12-11-33-23/h1-8,13-14H,9-12,15-16H2,(H,27,29). The Morgan fingerprint density at radius 2 is 1.66 bits per heavy atom. The zero-order chi connectivity index (χ0) is 24.4. The van der Waals surface area contributed by atoms with Crippen LogP contribution in [-0.2, 0) is 23.1 Å². The molecular weight excluding hydrogens is 475 g/mol. The van der Waals surface area contributed by atoms with Gasteiger partial charge >= 0.3 is 0 Å². The first kappa shape index (κ1) is 23.1. The van der Waals surface area contributed by atoms with Gasteiger partial charge in [0.2, 0.25) is 10.0 Å². The fourth-order valence-electron chi connectivity index (χ4n) is 3.97. The maximum absolute atomic E-state index is 13.9. The molecule has 0 bridgehead atoms. The molecule has 5 rings (SSSR count). The third-order valence-corrected chi connectivity index (χ3v) is 7.66. The van der Waals surface area contributed by atoms with Crippen molar-refractivity contribution in [3.05, 3.63) is 83.2 Å². The van der Waals surface area contributed by atoms with Gasteiger partial charge in [-0.05, 0) is 36.4 Å². The Balaban J connectivity index is 1.35. The molecule has 1 amide bonds. The molecule has 0 atom stereocenters. The summed E-state index contributed by atoms with van der Waals surface area (Å²) in [5.74, 6) is 0.601. The Bertz CT molecular complexity index is 1380. The number of rotatable bonds is 5. The van der Waals surface area contributed by atoms with E-state index in [1.807, 2.05) is 0 Å². The molecule has 0 saturated heterocycles. The highest BCUT2D eigenvalue weighted by molar-refractivity contribution is 7.89. The summed E-state index contributed by atoms with van der Waals surface area (Å²) in [4.78, 5) is 12.8. The predicted octanol–water partition coefficient (Wildman–Crippen LogP) is 3.11. The first-order valence-electron chi connectivity index (χ1n) is 11.1. The van der Waals surface area contributed by atoms with Crippen LogP contribution in [0.5, 0.6) is 17.2 Å². The van der Waals surface area contributed by atoms with Crippen LogP contribution in [0.3, 0.4) is 0 Å². The molecule has 3 aromatic carbocycles. The number of amides is 1. The number of ether oxygens (including phenoxy) is 3. The van der Waals surface area contributed by atoms with Gasteiger partial charge in [-0.2, -0.15) is 4.31 Å². The van der Waals surface area contributed by atoms with Crippen LogP contribution in [0.15, 0.2) is 65.6 Å². The number of nitrogens with one attached hydrogen (secondary N) is 1. The van der Waals surface area contributed by atoms with Crippen LogP contribution < -0.4 is 19.5 Å². The van der Waals surface area contributed by atoms with E-state index < -0.39 is 21.7 Å². The molecular formula is C25H23FN2O6S. The summed E-state index contributed by atoms with van der Waals surface area (Å²) >= 11 is 0. The summed E-state index contributed by atoms with van der Waals surface area (Å²) in [6, 6.07) is 15.6. The van der Waals surface area contributed by atoms with Gasteiger partial charge in [-0.3, -0.25) is 4.79 Å². The van der Waals surface area contributed by atoms with Crippen molar-refractivity contribution in [1.29, 1.82) is 0 Å². The summed E-state index contributed by atoms with van der Waals surface area (Å²) < 4.78 is 58.7. The van der Waals surface area contributed by atoms with E-state index in [-0.39, 0.29) is 31.1 Å². The molecule has 3 aromatic rings. The predicted molar refractivity (Wildman–Crippen MR) is 125 cm³/mol. The summed E-state index contributed by atoms with van der Waals surface area (Å²) in [5.41, 5.74) is 1.25. The van der Waals surface area contributed by atoms with E-state index in [9.17, 15) is 17.6 Å². The molecule has 0 radical (unpaired) electrons. The first-order chi connectivity index (χ1) is 16.9. The van der Waals surface area contributed by atoms with Crippen molar-refractivity contribution in [3.8, 4) is 17.2 Å². The van der Waals surface area contributed by atoms with Gasteiger partial charge in [-0.1, -0.05) is 18.2 Å². The van der Waals surface area contributed by atoms with E-state index in [4.69, 9.17) is 14.2 Å². The van der Waals surface area contributed by atoms with Crippen molar-refractivity contribution in [3.63, 3.8) is 0 Å². The second-order valence-electron chi connectivity index (χ2n) is 8.09. The van der Waals surface area contributed by atoms with Crippen LogP contribution in [0.2, 0.25) is 0 Å². The molecule has 2 heterocycles. The third kappa shape index (κ3) is 4.80. The van der Waals surface area contributed by atoms with E-state index >= 15 is 0 Å². The number of sulfonamides is 1. The summed E-state index contributed by atoms with van der Waals surface area (Å²) in [5, 5.41) is 2.70. The molecule has 182 valence electrons. The van der Waals surface area contributed by atoms with Gasteiger partial charge in [-0.25, -0.2) is 12.8 Å². The lowest BCUT2D eigenvalue weighted by Gasteiger charge is -2.22. The van der Waals surface area contributed by atoms with Gasteiger partial charge in [0.25, 0.3) is 5.91 Å². The van der Waals surface area contributed by atoms with E-state index in [0.29, 0.717) is 47.2 Å². The fourth-order valence-corrected chi connectivity index (χ4v) is 5.39. The highest BCUT2D eigenvalue weighted by Gasteiger charge is 2.29. The second-order valence-corrected chi connectivity index (χ2v) is 10.0. The third-order valence-electron chi connectivity index (χ3n) is 5.82. The van der Waals surface area contributed by atoms with E-state index in [1.165, 1.54) is 22.5 Å². The molecule has 8 nitrogen and oxygen atoms in total. The van der Waals surface area contributed by atoms with Crippen LogP contribution in [0, 0.1) is 5.82 Å². The van der Waals surface area contributed by atoms with Crippen molar-refractivity contribution < 1.29 is 31.8 Å². The number of carbonyl (C=O) groups is 1. The Hall–Kier alpha value is -3.63. The van der Waals surface area contributed by atoms with Crippen LogP contribution in [0.1, 0.15) is 21.5 Å².